The standard InChI is InChI=1S/C19H31N3O/c1-16(2)22-14-18-6-4-3-5-17(18)13-19(22)15-21-9-7-20(8-10-21)11-12-23/h3-6,16,19,23H,7-15H2,1-2H3/t19-/m0/s1. The Morgan fingerprint density at radius 1 is 1.04 bits per heavy atom. The van der Waals surface area contributed by atoms with Gasteiger partial charge in [-0.3, -0.25) is 14.7 Å². The van der Waals surface area contributed by atoms with E-state index in [1.54, 1.807) is 0 Å². The topological polar surface area (TPSA) is 30.0 Å². The van der Waals surface area contributed by atoms with Crippen molar-refractivity contribution in [3.8, 4) is 0 Å². The molecule has 3 rings (SSSR count). The highest BCUT2D eigenvalue weighted by Gasteiger charge is 2.30. The lowest BCUT2D eigenvalue weighted by atomic mass is 9.92. The normalized spacial score (nSPS) is 24.1. The van der Waals surface area contributed by atoms with Crippen LogP contribution in [0.4, 0.5) is 0 Å². The van der Waals surface area contributed by atoms with Crippen molar-refractivity contribution in [1.82, 2.24) is 14.7 Å². The maximum absolute atomic E-state index is 9.07. The molecular weight excluding hydrogens is 286 g/mol. The average molecular weight is 317 g/mol. The molecule has 1 N–H and O–H groups in total. The van der Waals surface area contributed by atoms with Crippen molar-refractivity contribution in [2.75, 3.05) is 45.9 Å². The molecule has 1 aromatic rings. The van der Waals surface area contributed by atoms with E-state index >= 15 is 0 Å². The lowest BCUT2D eigenvalue weighted by Crippen LogP contribution is -2.54. The van der Waals surface area contributed by atoms with Crippen LogP contribution >= 0.6 is 0 Å². The minimum absolute atomic E-state index is 0.278. The molecule has 23 heavy (non-hydrogen) atoms. The lowest BCUT2D eigenvalue weighted by Gasteiger charge is -2.43. The number of fused-ring (bicyclic) bond motifs is 1. The molecule has 128 valence electrons. The van der Waals surface area contributed by atoms with Gasteiger partial charge in [0.1, 0.15) is 0 Å². The quantitative estimate of drug-likeness (QED) is 0.890. The SMILES string of the molecule is CC(C)N1Cc2ccccc2C[C@H]1CN1CCN(CCO)CC1. The highest BCUT2D eigenvalue weighted by Crippen LogP contribution is 2.25. The number of aliphatic hydroxyl groups excluding tert-OH is 1. The highest BCUT2D eigenvalue weighted by atomic mass is 16.3. The fraction of sp³-hybridized carbons (Fsp3) is 0.684. The summed E-state index contributed by atoms with van der Waals surface area (Å²) in [5, 5.41) is 9.07. The third kappa shape index (κ3) is 4.13. The van der Waals surface area contributed by atoms with E-state index in [4.69, 9.17) is 5.11 Å². The number of hydrogen-bond donors (Lipinski definition) is 1. The van der Waals surface area contributed by atoms with Crippen LogP contribution in [0.25, 0.3) is 0 Å². The Labute approximate surface area is 140 Å². The largest absolute Gasteiger partial charge is 0.395 e. The second-order valence-corrected chi connectivity index (χ2v) is 7.26. The van der Waals surface area contributed by atoms with Crippen molar-refractivity contribution in [3.05, 3.63) is 35.4 Å². The first-order valence-corrected chi connectivity index (χ1v) is 9.05. The number of nitrogens with zero attached hydrogens (tertiary/aromatic N) is 3. The first-order valence-electron chi connectivity index (χ1n) is 9.05. The Hall–Kier alpha value is -0.940. The Morgan fingerprint density at radius 3 is 2.35 bits per heavy atom. The molecule has 0 aromatic heterocycles. The summed E-state index contributed by atoms with van der Waals surface area (Å²) in [7, 11) is 0. The van der Waals surface area contributed by atoms with E-state index in [0.29, 0.717) is 12.1 Å². The summed E-state index contributed by atoms with van der Waals surface area (Å²) >= 11 is 0. The minimum atomic E-state index is 0.278. The second-order valence-electron chi connectivity index (χ2n) is 7.26. The van der Waals surface area contributed by atoms with Gasteiger partial charge in [0.2, 0.25) is 0 Å². The number of hydrogen-bond acceptors (Lipinski definition) is 4. The smallest absolute Gasteiger partial charge is 0.0558 e. The van der Waals surface area contributed by atoms with Crippen LogP contribution in [-0.4, -0.2) is 77.8 Å². The molecule has 0 spiro atoms. The monoisotopic (exact) mass is 317 g/mol. The maximum atomic E-state index is 9.07. The molecule has 0 amide bonds. The van der Waals surface area contributed by atoms with Gasteiger partial charge >= 0.3 is 0 Å². The van der Waals surface area contributed by atoms with Crippen molar-refractivity contribution in [3.63, 3.8) is 0 Å². The summed E-state index contributed by atoms with van der Waals surface area (Å²) in [5.41, 5.74) is 3.04. The second kappa shape index (κ2) is 7.75. The highest BCUT2D eigenvalue weighted by molar-refractivity contribution is 5.30. The molecule has 0 unspecified atom stereocenters. The van der Waals surface area contributed by atoms with Crippen LogP contribution in [0.3, 0.4) is 0 Å². The van der Waals surface area contributed by atoms with Crippen LogP contribution in [0.2, 0.25) is 0 Å². The zero-order valence-electron chi connectivity index (χ0n) is 14.6. The third-order valence-electron chi connectivity index (χ3n) is 5.41. The molecule has 4 nitrogen and oxygen atoms in total. The maximum Gasteiger partial charge on any atom is 0.0558 e. The van der Waals surface area contributed by atoms with Gasteiger partial charge in [0, 0.05) is 57.9 Å². The first kappa shape index (κ1) is 16.9. The van der Waals surface area contributed by atoms with Crippen LogP contribution in [-0.2, 0) is 13.0 Å². The van der Waals surface area contributed by atoms with E-state index < -0.39 is 0 Å². The van der Waals surface area contributed by atoms with Gasteiger partial charge in [-0.25, -0.2) is 0 Å². The van der Waals surface area contributed by atoms with Crippen molar-refractivity contribution in [2.45, 2.75) is 38.9 Å². The van der Waals surface area contributed by atoms with Crippen LogP contribution < -0.4 is 0 Å². The molecule has 2 aliphatic heterocycles. The third-order valence-corrected chi connectivity index (χ3v) is 5.41. The summed E-state index contributed by atoms with van der Waals surface area (Å²) in [6, 6.07) is 10.1. The molecule has 1 saturated heterocycles. The van der Waals surface area contributed by atoms with Gasteiger partial charge in [-0.05, 0) is 31.4 Å². The van der Waals surface area contributed by atoms with Crippen LogP contribution in [0.15, 0.2) is 24.3 Å². The molecule has 2 aliphatic rings. The molecular formula is C19H31N3O. The molecule has 4 heteroatoms. The van der Waals surface area contributed by atoms with Crippen LogP contribution in [0, 0.1) is 0 Å². The Balaban J connectivity index is 1.62. The summed E-state index contributed by atoms with van der Waals surface area (Å²) in [6.07, 6.45) is 1.17. The van der Waals surface area contributed by atoms with Gasteiger partial charge in [-0.2, -0.15) is 0 Å². The molecule has 2 heterocycles. The molecule has 0 radical (unpaired) electrons. The van der Waals surface area contributed by atoms with Crippen molar-refractivity contribution >= 4 is 0 Å². The molecule has 1 aromatic carbocycles. The summed E-state index contributed by atoms with van der Waals surface area (Å²) < 4.78 is 0. The van der Waals surface area contributed by atoms with Crippen LogP contribution in [0.5, 0.6) is 0 Å². The van der Waals surface area contributed by atoms with Crippen molar-refractivity contribution < 1.29 is 5.11 Å². The first-order chi connectivity index (χ1) is 11.2. The molecule has 1 fully saturated rings. The molecule has 1 atom stereocenters. The number of aliphatic hydroxyl groups is 1. The van der Waals surface area contributed by atoms with Gasteiger partial charge in [-0.1, -0.05) is 24.3 Å². The molecule has 0 saturated carbocycles. The number of piperazine rings is 1. The van der Waals surface area contributed by atoms with Gasteiger partial charge in [0.05, 0.1) is 6.61 Å². The fourth-order valence-corrected chi connectivity index (χ4v) is 4.02. The summed E-state index contributed by atoms with van der Waals surface area (Å²) in [5.74, 6) is 0. The number of benzene rings is 1. The van der Waals surface area contributed by atoms with Gasteiger partial charge < -0.3 is 5.11 Å². The average Bonchev–Trinajstić information content (AvgIpc) is 2.56. The van der Waals surface area contributed by atoms with E-state index in [1.807, 2.05) is 0 Å². The lowest BCUT2D eigenvalue weighted by molar-refractivity contribution is 0.0606. The predicted molar refractivity (Wildman–Crippen MR) is 94.6 cm³/mol. The number of rotatable bonds is 5. The van der Waals surface area contributed by atoms with Gasteiger partial charge in [0.25, 0.3) is 0 Å². The van der Waals surface area contributed by atoms with Crippen molar-refractivity contribution in [2.24, 2.45) is 0 Å². The predicted octanol–water partition coefficient (Wildman–Crippen LogP) is 1.43. The zero-order chi connectivity index (χ0) is 16.2. The minimum Gasteiger partial charge on any atom is -0.395 e. The Kier molecular flexibility index (Phi) is 5.70. The van der Waals surface area contributed by atoms with Crippen LogP contribution in [0.1, 0.15) is 25.0 Å². The van der Waals surface area contributed by atoms with E-state index in [9.17, 15) is 0 Å². The summed E-state index contributed by atoms with van der Waals surface area (Å²) in [4.78, 5) is 7.65. The number of β-amino-alcohol motifs (C(OH)–C–C–N with tert-alkyl or cyclic N) is 1. The van der Waals surface area contributed by atoms with Gasteiger partial charge in [-0.15, -0.1) is 0 Å². The van der Waals surface area contributed by atoms with Crippen molar-refractivity contribution in [1.29, 1.82) is 0 Å². The van der Waals surface area contributed by atoms with E-state index in [1.165, 1.54) is 24.1 Å². The fourth-order valence-electron chi connectivity index (χ4n) is 4.02. The van der Waals surface area contributed by atoms with E-state index in [2.05, 4.69) is 52.8 Å². The molecule has 0 bridgehead atoms. The summed E-state index contributed by atoms with van der Waals surface area (Å²) in [6.45, 7) is 12.4. The Morgan fingerprint density at radius 2 is 1.70 bits per heavy atom. The van der Waals surface area contributed by atoms with Gasteiger partial charge in [0.15, 0.2) is 0 Å². The molecule has 0 aliphatic carbocycles. The van der Waals surface area contributed by atoms with E-state index in [-0.39, 0.29) is 6.61 Å². The Bertz CT molecular complexity index is 497. The van der Waals surface area contributed by atoms with E-state index in [0.717, 1.165) is 39.3 Å². The zero-order valence-corrected chi connectivity index (χ0v) is 14.6.